The van der Waals surface area contributed by atoms with Gasteiger partial charge in [-0.1, -0.05) is 0 Å². The third-order valence-electron chi connectivity index (χ3n) is 1.67. The Morgan fingerprint density at radius 1 is 1.54 bits per heavy atom. The van der Waals surface area contributed by atoms with Crippen LogP contribution < -0.4 is 0 Å². The first kappa shape index (κ1) is 10.2. The molecule has 0 amide bonds. The van der Waals surface area contributed by atoms with Crippen LogP contribution in [0, 0.1) is 0 Å². The Hall–Kier alpha value is -0.850. The highest BCUT2D eigenvalue weighted by Crippen LogP contribution is 2.13. The Morgan fingerprint density at radius 2 is 2.15 bits per heavy atom. The molecule has 0 aromatic carbocycles. The number of H-pyrrole nitrogens is 1. The maximum absolute atomic E-state index is 11.5. The molecule has 0 atom stereocenters. The van der Waals surface area contributed by atoms with Crippen molar-refractivity contribution in [1.29, 1.82) is 0 Å². The fourth-order valence-corrected chi connectivity index (χ4v) is 1.79. The summed E-state index contributed by atoms with van der Waals surface area (Å²) < 4.78 is 24.1. The lowest BCUT2D eigenvalue weighted by molar-refractivity contribution is 0.277. The van der Waals surface area contributed by atoms with Gasteiger partial charge < -0.3 is 10.1 Å². The zero-order valence-corrected chi connectivity index (χ0v) is 8.30. The van der Waals surface area contributed by atoms with Crippen LogP contribution in [0.4, 0.5) is 0 Å². The molecule has 6 heteroatoms. The Bertz CT molecular complexity index is 380. The molecule has 0 saturated heterocycles. The predicted molar refractivity (Wildman–Crippen MR) is 47.6 cm³/mol. The molecule has 1 heterocycles. The number of aliphatic hydroxyl groups is 1. The first-order valence-electron chi connectivity index (χ1n) is 3.69. The van der Waals surface area contributed by atoms with Gasteiger partial charge in [-0.3, -0.25) is 0 Å². The van der Waals surface area contributed by atoms with Crippen molar-refractivity contribution in [3.63, 3.8) is 0 Å². The molecule has 0 aliphatic carbocycles. The van der Waals surface area contributed by atoms with Crippen LogP contribution in [0.1, 0.15) is 5.69 Å². The lowest BCUT2D eigenvalue weighted by atomic mass is 10.5. The quantitative estimate of drug-likeness (QED) is 0.713. The molecule has 1 aromatic rings. The van der Waals surface area contributed by atoms with E-state index in [2.05, 4.69) is 4.98 Å². The minimum Gasteiger partial charge on any atom is -0.390 e. The van der Waals surface area contributed by atoms with Crippen molar-refractivity contribution < 1.29 is 13.5 Å². The maximum atomic E-state index is 11.5. The van der Waals surface area contributed by atoms with E-state index in [0.717, 1.165) is 4.31 Å². The van der Waals surface area contributed by atoms with Crippen molar-refractivity contribution in [1.82, 2.24) is 9.29 Å². The highest BCUT2D eigenvalue weighted by atomic mass is 32.2. The molecule has 0 spiro atoms. The second kappa shape index (κ2) is 3.49. The van der Waals surface area contributed by atoms with E-state index < -0.39 is 10.0 Å². The van der Waals surface area contributed by atoms with Gasteiger partial charge in [0.2, 0.25) is 10.0 Å². The van der Waals surface area contributed by atoms with Crippen molar-refractivity contribution in [3.05, 3.63) is 18.0 Å². The minimum atomic E-state index is -3.38. The largest absolute Gasteiger partial charge is 0.390 e. The van der Waals surface area contributed by atoms with Gasteiger partial charge in [0, 0.05) is 26.0 Å². The van der Waals surface area contributed by atoms with Gasteiger partial charge in [0.1, 0.15) is 0 Å². The highest BCUT2D eigenvalue weighted by molar-refractivity contribution is 7.89. The summed E-state index contributed by atoms with van der Waals surface area (Å²) in [5, 5.41) is 8.72. The molecule has 13 heavy (non-hydrogen) atoms. The van der Waals surface area contributed by atoms with Crippen LogP contribution in [0.5, 0.6) is 0 Å². The lowest BCUT2D eigenvalue weighted by Gasteiger charge is -2.08. The first-order chi connectivity index (χ1) is 5.98. The second-order valence-corrected chi connectivity index (χ2v) is 4.96. The molecular weight excluding hydrogens is 192 g/mol. The average molecular weight is 204 g/mol. The number of nitrogens with one attached hydrogen (secondary N) is 1. The molecule has 74 valence electrons. The fourth-order valence-electron chi connectivity index (χ4n) is 0.870. The number of aromatic amines is 1. The van der Waals surface area contributed by atoms with Crippen molar-refractivity contribution in [2.45, 2.75) is 11.5 Å². The van der Waals surface area contributed by atoms with Crippen LogP contribution in [0.25, 0.3) is 0 Å². The molecule has 1 rings (SSSR count). The molecule has 1 aromatic heterocycles. The third kappa shape index (κ3) is 1.90. The van der Waals surface area contributed by atoms with E-state index in [9.17, 15) is 8.42 Å². The highest BCUT2D eigenvalue weighted by Gasteiger charge is 2.18. The average Bonchev–Trinajstić information content (AvgIpc) is 2.51. The van der Waals surface area contributed by atoms with Gasteiger partial charge in [0.15, 0.2) is 0 Å². The summed E-state index contributed by atoms with van der Waals surface area (Å²) in [6.07, 6.45) is 1.36. The summed E-state index contributed by atoms with van der Waals surface area (Å²) in [6.45, 7) is -0.192. The molecular formula is C7H12N2O3S. The number of aromatic nitrogens is 1. The molecule has 0 saturated carbocycles. The standard InChI is InChI=1S/C7H12N2O3S/c1-9(2)13(11,12)7-3-6(5-10)8-4-7/h3-4,8,10H,5H2,1-2H3. The van der Waals surface area contributed by atoms with E-state index in [1.54, 1.807) is 0 Å². The summed E-state index contributed by atoms with van der Waals surface area (Å²) >= 11 is 0. The van der Waals surface area contributed by atoms with Crippen LogP contribution in [-0.4, -0.2) is 36.9 Å². The van der Waals surface area contributed by atoms with Gasteiger partial charge >= 0.3 is 0 Å². The summed E-state index contributed by atoms with van der Waals surface area (Å²) in [4.78, 5) is 2.83. The van der Waals surface area contributed by atoms with Gasteiger partial charge in [0.05, 0.1) is 11.5 Å². The maximum Gasteiger partial charge on any atom is 0.244 e. The van der Waals surface area contributed by atoms with E-state index in [1.807, 2.05) is 0 Å². The van der Waals surface area contributed by atoms with Crippen LogP contribution in [0.15, 0.2) is 17.2 Å². The van der Waals surface area contributed by atoms with E-state index in [-0.39, 0.29) is 11.5 Å². The Morgan fingerprint density at radius 3 is 2.54 bits per heavy atom. The third-order valence-corrected chi connectivity index (χ3v) is 3.46. The number of hydrogen-bond acceptors (Lipinski definition) is 3. The first-order valence-corrected chi connectivity index (χ1v) is 5.13. The van der Waals surface area contributed by atoms with Crippen molar-refractivity contribution in [2.24, 2.45) is 0 Å². The van der Waals surface area contributed by atoms with Crippen molar-refractivity contribution in [3.8, 4) is 0 Å². The Kier molecular flexibility index (Phi) is 2.74. The summed E-state index contributed by atoms with van der Waals surface area (Å²) in [6, 6.07) is 1.41. The molecule has 0 radical (unpaired) electrons. The molecule has 0 unspecified atom stereocenters. The number of rotatable bonds is 3. The van der Waals surface area contributed by atoms with Crippen LogP contribution in [-0.2, 0) is 16.6 Å². The second-order valence-electron chi connectivity index (χ2n) is 2.81. The Balaban J connectivity index is 3.09. The fraction of sp³-hybridized carbons (Fsp3) is 0.429. The molecule has 0 fully saturated rings. The van der Waals surface area contributed by atoms with Gasteiger partial charge in [-0.15, -0.1) is 0 Å². The lowest BCUT2D eigenvalue weighted by Crippen LogP contribution is -2.21. The summed E-state index contributed by atoms with van der Waals surface area (Å²) in [5.74, 6) is 0. The zero-order valence-electron chi connectivity index (χ0n) is 7.48. The van der Waals surface area contributed by atoms with Crippen molar-refractivity contribution >= 4 is 10.0 Å². The van der Waals surface area contributed by atoms with E-state index >= 15 is 0 Å². The van der Waals surface area contributed by atoms with Gasteiger partial charge in [-0.05, 0) is 6.07 Å². The van der Waals surface area contributed by atoms with Gasteiger partial charge in [-0.2, -0.15) is 0 Å². The molecule has 0 aliphatic heterocycles. The van der Waals surface area contributed by atoms with E-state index in [0.29, 0.717) is 5.69 Å². The number of sulfonamides is 1. The zero-order chi connectivity index (χ0) is 10.1. The topological polar surface area (TPSA) is 73.4 Å². The monoisotopic (exact) mass is 204 g/mol. The molecule has 2 N–H and O–H groups in total. The van der Waals surface area contributed by atoms with Crippen LogP contribution >= 0.6 is 0 Å². The van der Waals surface area contributed by atoms with Crippen LogP contribution in [0.3, 0.4) is 0 Å². The predicted octanol–water partition coefficient (Wildman–Crippen LogP) is -0.243. The number of nitrogens with zero attached hydrogens (tertiary/aromatic N) is 1. The molecule has 5 nitrogen and oxygen atoms in total. The minimum absolute atomic E-state index is 0.168. The summed E-state index contributed by atoms with van der Waals surface area (Å²) in [7, 11) is -0.457. The molecule has 0 bridgehead atoms. The van der Waals surface area contributed by atoms with Gasteiger partial charge in [0.25, 0.3) is 0 Å². The van der Waals surface area contributed by atoms with E-state index in [1.165, 1.54) is 26.4 Å². The number of hydrogen-bond donors (Lipinski definition) is 2. The summed E-state index contributed by atoms with van der Waals surface area (Å²) in [5.41, 5.74) is 0.487. The molecule has 0 aliphatic rings. The van der Waals surface area contributed by atoms with Gasteiger partial charge in [-0.25, -0.2) is 12.7 Å². The SMILES string of the molecule is CN(C)S(=O)(=O)c1c[nH]c(CO)c1. The van der Waals surface area contributed by atoms with Crippen molar-refractivity contribution in [2.75, 3.05) is 14.1 Å². The normalized spacial score (nSPS) is 12.3. The number of aliphatic hydroxyl groups excluding tert-OH is 1. The smallest absolute Gasteiger partial charge is 0.244 e. The van der Waals surface area contributed by atoms with E-state index in [4.69, 9.17) is 5.11 Å². The van der Waals surface area contributed by atoms with Crippen LogP contribution in [0.2, 0.25) is 0 Å². The Labute approximate surface area is 77.1 Å².